The Kier molecular flexibility index (Phi) is 6.85. The molecule has 3 atom stereocenters. The first-order chi connectivity index (χ1) is 17.7. The number of nitrogens with zero attached hydrogens (tertiary/aromatic N) is 5. The number of aromatic nitrogens is 4. The number of anilines is 1. The van der Waals surface area contributed by atoms with Crippen LogP contribution in [0, 0.1) is 5.41 Å². The molecular formula is C27H35N7O3. The summed E-state index contributed by atoms with van der Waals surface area (Å²) >= 11 is 0. The molecule has 0 radical (unpaired) electrons. The van der Waals surface area contributed by atoms with Crippen molar-refractivity contribution in [2.24, 2.45) is 5.41 Å². The van der Waals surface area contributed by atoms with Gasteiger partial charge in [-0.15, -0.1) is 5.10 Å². The van der Waals surface area contributed by atoms with E-state index in [4.69, 9.17) is 0 Å². The third kappa shape index (κ3) is 5.58. The van der Waals surface area contributed by atoms with Crippen LogP contribution in [0.4, 0.5) is 5.82 Å². The number of likely N-dealkylation sites (tertiary alicyclic amines) is 1. The first-order valence-electron chi connectivity index (χ1n) is 13.0. The number of carbonyl (C=O) groups excluding carboxylic acids is 2. The number of benzene rings is 1. The maximum atomic E-state index is 13.8. The summed E-state index contributed by atoms with van der Waals surface area (Å²) in [6, 6.07) is 10.4. The lowest BCUT2D eigenvalue weighted by atomic mass is 9.85. The number of rotatable bonds is 8. The summed E-state index contributed by atoms with van der Waals surface area (Å²) in [5.41, 5.74) is 1.35. The molecule has 3 heterocycles. The van der Waals surface area contributed by atoms with Crippen LogP contribution in [0.3, 0.4) is 0 Å². The van der Waals surface area contributed by atoms with Gasteiger partial charge in [-0.1, -0.05) is 44.2 Å². The number of nitrogens with one attached hydrogen (secondary N) is 2. The van der Waals surface area contributed by atoms with E-state index in [0.29, 0.717) is 19.0 Å². The predicted octanol–water partition coefficient (Wildman–Crippen LogP) is 2.48. The van der Waals surface area contributed by atoms with Crippen LogP contribution in [0.1, 0.15) is 57.7 Å². The van der Waals surface area contributed by atoms with E-state index < -0.39 is 23.6 Å². The molecule has 1 saturated carbocycles. The van der Waals surface area contributed by atoms with Crippen molar-refractivity contribution in [3.8, 4) is 0 Å². The van der Waals surface area contributed by atoms with Crippen molar-refractivity contribution < 1.29 is 14.7 Å². The minimum atomic E-state index is -0.752. The van der Waals surface area contributed by atoms with Gasteiger partial charge in [-0.2, -0.15) is 0 Å². The number of amides is 2. The quantitative estimate of drug-likeness (QED) is 0.402. The Morgan fingerprint density at radius 2 is 1.92 bits per heavy atom. The highest BCUT2D eigenvalue weighted by atomic mass is 16.3. The molecule has 0 spiro atoms. The topological polar surface area (TPSA) is 125 Å². The molecular weight excluding hydrogens is 470 g/mol. The zero-order valence-electron chi connectivity index (χ0n) is 21.6. The third-order valence-electron chi connectivity index (χ3n) is 7.04. The van der Waals surface area contributed by atoms with Gasteiger partial charge in [-0.3, -0.25) is 9.59 Å². The number of hydrogen-bond acceptors (Lipinski definition) is 7. The Morgan fingerprint density at radius 1 is 1.14 bits per heavy atom. The van der Waals surface area contributed by atoms with Gasteiger partial charge in [0.15, 0.2) is 0 Å². The Hall–Kier alpha value is -3.53. The highest BCUT2D eigenvalue weighted by Crippen LogP contribution is 2.40. The van der Waals surface area contributed by atoms with Gasteiger partial charge in [0.2, 0.25) is 11.8 Å². The molecule has 10 nitrogen and oxygen atoms in total. The van der Waals surface area contributed by atoms with E-state index in [-0.39, 0.29) is 24.8 Å². The molecule has 3 N–H and O–H groups in total. The third-order valence-corrected chi connectivity index (χ3v) is 7.04. The van der Waals surface area contributed by atoms with E-state index in [1.807, 2.05) is 63.4 Å². The summed E-state index contributed by atoms with van der Waals surface area (Å²) in [7, 11) is 0. The largest absolute Gasteiger partial charge is 0.391 e. The standard InChI is InChI=1S/C27H35N7O3/c1-27(2,3)24(34-16-21(31-32-34)18-8-9-18)26(37)33-15-19(35)14-22(33)25(36)29-13-12-28-23-11-10-17-6-4-5-7-20(17)30-23/h4-7,10-11,16,18-19,22,24,35H,8-9,12-15H2,1-3H3,(H,28,30)(H,29,36)/t19-,22+,24-/m1/s1. The Bertz CT molecular complexity index is 1280. The van der Waals surface area contributed by atoms with Crippen LogP contribution in [0.5, 0.6) is 0 Å². The Morgan fingerprint density at radius 3 is 2.68 bits per heavy atom. The second-order valence-electron chi connectivity index (χ2n) is 11.2. The number of para-hydroxylation sites is 1. The normalized spacial score (nSPS) is 20.7. The van der Waals surface area contributed by atoms with Crippen LogP contribution in [0.2, 0.25) is 0 Å². The molecule has 0 unspecified atom stereocenters. The van der Waals surface area contributed by atoms with Crippen molar-refractivity contribution in [3.05, 3.63) is 48.3 Å². The molecule has 2 fully saturated rings. The van der Waals surface area contributed by atoms with E-state index in [0.717, 1.165) is 35.3 Å². The number of aliphatic hydroxyl groups excluding tert-OH is 1. The molecule has 196 valence electrons. The lowest BCUT2D eigenvalue weighted by molar-refractivity contribution is -0.144. The summed E-state index contributed by atoms with van der Waals surface area (Å²) < 4.78 is 1.64. The van der Waals surface area contributed by atoms with E-state index >= 15 is 0 Å². The second-order valence-corrected chi connectivity index (χ2v) is 11.2. The predicted molar refractivity (Wildman–Crippen MR) is 140 cm³/mol. The van der Waals surface area contributed by atoms with Gasteiger partial charge in [0.05, 0.1) is 17.3 Å². The maximum absolute atomic E-state index is 13.8. The first kappa shape index (κ1) is 25.1. The molecule has 1 aliphatic carbocycles. The van der Waals surface area contributed by atoms with Crippen LogP contribution in [-0.4, -0.2) is 73.6 Å². The number of β-amino-alcohol motifs (C(OH)–C–C–N with tert-alkyl or cyclic N) is 1. The van der Waals surface area contributed by atoms with Crippen LogP contribution in [0.25, 0.3) is 10.9 Å². The fraction of sp³-hybridized carbons (Fsp3) is 0.519. The molecule has 2 aromatic heterocycles. The Balaban J connectivity index is 1.21. The summed E-state index contributed by atoms with van der Waals surface area (Å²) in [6.45, 7) is 6.88. The van der Waals surface area contributed by atoms with Gasteiger partial charge in [0, 0.05) is 43.6 Å². The van der Waals surface area contributed by atoms with Crippen molar-refractivity contribution in [3.63, 3.8) is 0 Å². The minimum Gasteiger partial charge on any atom is -0.391 e. The monoisotopic (exact) mass is 505 g/mol. The van der Waals surface area contributed by atoms with Crippen molar-refractivity contribution >= 4 is 28.5 Å². The summed E-state index contributed by atoms with van der Waals surface area (Å²) in [5, 5.41) is 26.1. The SMILES string of the molecule is CC(C)(C)[C@@H](C(=O)N1C[C@H](O)C[C@H]1C(=O)NCCNc1ccc2ccccc2n1)n1cc(C2CC2)nn1. The van der Waals surface area contributed by atoms with E-state index in [2.05, 4.69) is 25.9 Å². The highest BCUT2D eigenvalue weighted by molar-refractivity contribution is 5.90. The molecule has 1 saturated heterocycles. The smallest absolute Gasteiger partial charge is 0.248 e. The fourth-order valence-corrected chi connectivity index (χ4v) is 4.98. The van der Waals surface area contributed by atoms with Crippen LogP contribution < -0.4 is 10.6 Å². The second kappa shape index (κ2) is 10.1. The molecule has 2 amide bonds. The van der Waals surface area contributed by atoms with E-state index in [1.165, 1.54) is 4.90 Å². The number of carbonyl (C=O) groups is 2. The lowest BCUT2D eigenvalue weighted by Crippen LogP contribution is -2.50. The van der Waals surface area contributed by atoms with Gasteiger partial charge < -0.3 is 20.6 Å². The van der Waals surface area contributed by atoms with Crippen LogP contribution >= 0.6 is 0 Å². The van der Waals surface area contributed by atoms with Gasteiger partial charge in [-0.05, 0) is 36.5 Å². The maximum Gasteiger partial charge on any atom is 0.248 e. The molecule has 5 rings (SSSR count). The molecule has 1 aromatic carbocycles. The molecule has 3 aromatic rings. The number of hydrogen-bond donors (Lipinski definition) is 3. The van der Waals surface area contributed by atoms with Gasteiger partial charge in [-0.25, -0.2) is 9.67 Å². The first-order valence-corrected chi connectivity index (χ1v) is 13.0. The highest BCUT2D eigenvalue weighted by Gasteiger charge is 2.45. The molecule has 37 heavy (non-hydrogen) atoms. The molecule has 10 heteroatoms. The molecule has 0 bridgehead atoms. The average Bonchev–Trinajstić information content (AvgIpc) is 3.47. The van der Waals surface area contributed by atoms with Gasteiger partial charge in [0.25, 0.3) is 0 Å². The van der Waals surface area contributed by atoms with Gasteiger partial charge in [0.1, 0.15) is 17.9 Å². The van der Waals surface area contributed by atoms with Crippen molar-refractivity contribution in [1.29, 1.82) is 0 Å². The van der Waals surface area contributed by atoms with Crippen molar-refractivity contribution in [2.45, 2.75) is 64.1 Å². The zero-order valence-corrected chi connectivity index (χ0v) is 21.6. The summed E-state index contributed by atoms with van der Waals surface area (Å²) in [4.78, 5) is 33.0. The van der Waals surface area contributed by atoms with Gasteiger partial charge >= 0.3 is 0 Å². The van der Waals surface area contributed by atoms with Crippen molar-refractivity contribution in [1.82, 2.24) is 30.2 Å². The number of aliphatic hydroxyl groups is 1. The number of pyridine rings is 1. The minimum absolute atomic E-state index is 0.118. The Labute approximate surface area is 216 Å². The summed E-state index contributed by atoms with van der Waals surface area (Å²) in [5.74, 6) is 0.653. The van der Waals surface area contributed by atoms with Crippen molar-refractivity contribution in [2.75, 3.05) is 25.0 Å². The lowest BCUT2D eigenvalue weighted by Gasteiger charge is -2.34. The summed E-state index contributed by atoms with van der Waals surface area (Å²) in [6.07, 6.45) is 3.51. The van der Waals surface area contributed by atoms with Crippen LogP contribution in [0.15, 0.2) is 42.6 Å². The zero-order chi connectivity index (χ0) is 26.2. The molecule has 2 aliphatic rings. The fourth-order valence-electron chi connectivity index (χ4n) is 4.98. The molecule has 1 aliphatic heterocycles. The van der Waals surface area contributed by atoms with E-state index in [9.17, 15) is 14.7 Å². The van der Waals surface area contributed by atoms with E-state index in [1.54, 1.807) is 4.68 Å². The number of fused-ring (bicyclic) bond motifs is 1. The van der Waals surface area contributed by atoms with Crippen LogP contribution in [-0.2, 0) is 9.59 Å². The average molecular weight is 506 g/mol.